The highest BCUT2D eigenvalue weighted by Gasteiger charge is 2.17. The monoisotopic (exact) mass is 328 g/mol. The van der Waals surface area contributed by atoms with Crippen molar-refractivity contribution in [3.63, 3.8) is 0 Å². The third kappa shape index (κ3) is 6.44. The summed E-state index contributed by atoms with van der Waals surface area (Å²) < 4.78 is 31.7. The summed E-state index contributed by atoms with van der Waals surface area (Å²) in [5.41, 5.74) is -0.120. The van der Waals surface area contributed by atoms with Crippen molar-refractivity contribution in [2.45, 2.75) is 45.1 Å². The summed E-state index contributed by atoms with van der Waals surface area (Å²) in [6, 6.07) is 5.92. The second-order valence-corrected chi connectivity index (χ2v) is 8.16. The van der Waals surface area contributed by atoms with E-state index in [9.17, 15) is 13.2 Å². The molecular weight excluding hydrogens is 304 g/mol. The molecule has 7 heteroatoms. The molecule has 0 spiro atoms. The van der Waals surface area contributed by atoms with Crippen molar-refractivity contribution in [1.82, 2.24) is 4.72 Å². The van der Waals surface area contributed by atoms with Gasteiger partial charge in [-0.15, -0.1) is 0 Å². The van der Waals surface area contributed by atoms with Gasteiger partial charge < -0.3 is 4.74 Å². The van der Waals surface area contributed by atoms with Gasteiger partial charge >= 0.3 is 6.09 Å². The van der Waals surface area contributed by atoms with Gasteiger partial charge in [0.1, 0.15) is 5.60 Å². The topological polar surface area (TPSA) is 84.5 Å². The van der Waals surface area contributed by atoms with Crippen LogP contribution in [0.15, 0.2) is 29.2 Å². The van der Waals surface area contributed by atoms with Crippen LogP contribution in [0.4, 0.5) is 10.5 Å². The zero-order valence-corrected chi connectivity index (χ0v) is 14.5. The largest absolute Gasteiger partial charge is 0.444 e. The molecule has 1 aromatic carbocycles. The summed E-state index contributed by atoms with van der Waals surface area (Å²) >= 11 is 0. The molecule has 6 nitrogen and oxygen atoms in total. The van der Waals surface area contributed by atoms with E-state index in [0.717, 1.165) is 0 Å². The first kappa shape index (κ1) is 18.4. The van der Waals surface area contributed by atoms with Gasteiger partial charge in [0.15, 0.2) is 0 Å². The van der Waals surface area contributed by atoms with E-state index < -0.39 is 21.7 Å². The first-order chi connectivity index (χ1) is 9.99. The third-order valence-electron chi connectivity index (χ3n) is 2.49. The molecule has 0 saturated heterocycles. The van der Waals surface area contributed by atoms with Crippen LogP contribution in [0, 0.1) is 5.92 Å². The molecule has 0 radical (unpaired) electrons. The maximum Gasteiger partial charge on any atom is 0.412 e. The molecule has 0 aromatic heterocycles. The van der Waals surface area contributed by atoms with Gasteiger partial charge in [0.25, 0.3) is 0 Å². The van der Waals surface area contributed by atoms with E-state index >= 15 is 0 Å². The zero-order chi connectivity index (χ0) is 17.0. The maximum atomic E-state index is 12.0. The molecule has 0 aliphatic rings. The van der Waals surface area contributed by atoms with Crippen LogP contribution in [-0.2, 0) is 14.8 Å². The number of anilines is 1. The molecule has 0 aliphatic heterocycles. The second-order valence-electron chi connectivity index (χ2n) is 6.40. The molecular formula is C15H24N2O4S. The normalized spacial score (nSPS) is 12.3. The fourth-order valence-electron chi connectivity index (χ4n) is 1.50. The molecule has 1 rings (SSSR count). The van der Waals surface area contributed by atoms with E-state index in [1.165, 1.54) is 24.3 Å². The van der Waals surface area contributed by atoms with Crippen LogP contribution in [0.5, 0.6) is 0 Å². The number of benzene rings is 1. The van der Waals surface area contributed by atoms with Crippen molar-refractivity contribution in [2.24, 2.45) is 5.92 Å². The summed E-state index contributed by atoms with van der Waals surface area (Å²) in [6.45, 7) is 9.53. The highest BCUT2D eigenvalue weighted by molar-refractivity contribution is 7.89. The minimum Gasteiger partial charge on any atom is -0.444 e. The Morgan fingerprint density at radius 2 is 1.73 bits per heavy atom. The lowest BCUT2D eigenvalue weighted by atomic mass is 10.2. The SMILES string of the molecule is CC(C)CNS(=O)(=O)c1ccc(NC(=O)OC(C)(C)C)cc1. The van der Waals surface area contributed by atoms with Gasteiger partial charge in [0, 0.05) is 12.2 Å². The van der Waals surface area contributed by atoms with E-state index in [4.69, 9.17) is 4.74 Å². The molecule has 0 aliphatic carbocycles. The second kappa shape index (κ2) is 7.11. The van der Waals surface area contributed by atoms with E-state index in [1.54, 1.807) is 20.8 Å². The van der Waals surface area contributed by atoms with Crippen LogP contribution in [0.1, 0.15) is 34.6 Å². The van der Waals surface area contributed by atoms with Crippen molar-refractivity contribution >= 4 is 21.8 Å². The molecule has 1 aromatic rings. The van der Waals surface area contributed by atoms with E-state index in [0.29, 0.717) is 12.2 Å². The highest BCUT2D eigenvalue weighted by Crippen LogP contribution is 2.15. The summed E-state index contributed by atoms with van der Waals surface area (Å²) in [7, 11) is -3.52. The summed E-state index contributed by atoms with van der Waals surface area (Å²) in [5.74, 6) is 0.225. The van der Waals surface area contributed by atoms with Crippen molar-refractivity contribution in [1.29, 1.82) is 0 Å². The number of hydrogen-bond acceptors (Lipinski definition) is 4. The summed E-state index contributed by atoms with van der Waals surface area (Å²) in [6.07, 6.45) is -0.582. The Kier molecular flexibility index (Phi) is 5.96. The lowest BCUT2D eigenvalue weighted by Gasteiger charge is -2.19. The van der Waals surface area contributed by atoms with Crippen LogP contribution in [-0.4, -0.2) is 26.7 Å². The van der Waals surface area contributed by atoms with Gasteiger partial charge in [-0.2, -0.15) is 0 Å². The number of amides is 1. The Morgan fingerprint density at radius 1 is 1.18 bits per heavy atom. The predicted octanol–water partition coefficient (Wildman–Crippen LogP) is 2.97. The number of ether oxygens (including phenoxy) is 1. The molecule has 0 fully saturated rings. The van der Waals surface area contributed by atoms with Crippen molar-refractivity contribution < 1.29 is 17.9 Å². The Balaban J connectivity index is 2.72. The third-order valence-corrected chi connectivity index (χ3v) is 3.93. The minimum absolute atomic E-state index is 0.155. The zero-order valence-electron chi connectivity index (χ0n) is 13.6. The van der Waals surface area contributed by atoms with Gasteiger partial charge in [-0.3, -0.25) is 5.32 Å². The molecule has 0 unspecified atom stereocenters. The molecule has 0 heterocycles. The van der Waals surface area contributed by atoms with Crippen molar-refractivity contribution in [3.8, 4) is 0 Å². The maximum absolute atomic E-state index is 12.0. The average Bonchev–Trinajstić information content (AvgIpc) is 2.35. The van der Waals surface area contributed by atoms with Gasteiger partial charge in [0.2, 0.25) is 10.0 Å². The van der Waals surface area contributed by atoms with E-state index in [-0.39, 0.29) is 10.8 Å². The smallest absolute Gasteiger partial charge is 0.412 e. The van der Waals surface area contributed by atoms with Crippen LogP contribution in [0.3, 0.4) is 0 Å². The highest BCUT2D eigenvalue weighted by atomic mass is 32.2. The average molecular weight is 328 g/mol. The van der Waals surface area contributed by atoms with Gasteiger partial charge in [0.05, 0.1) is 4.90 Å². The van der Waals surface area contributed by atoms with Gasteiger partial charge in [-0.05, 0) is 51.0 Å². The summed E-state index contributed by atoms with van der Waals surface area (Å²) in [4.78, 5) is 11.8. The Labute approximate surface area is 132 Å². The fraction of sp³-hybridized carbons (Fsp3) is 0.533. The van der Waals surface area contributed by atoms with Crippen molar-refractivity contribution in [3.05, 3.63) is 24.3 Å². The Bertz CT molecular complexity index is 601. The lowest BCUT2D eigenvalue weighted by molar-refractivity contribution is 0.0636. The quantitative estimate of drug-likeness (QED) is 0.870. The molecule has 0 atom stereocenters. The lowest BCUT2D eigenvalue weighted by Crippen LogP contribution is -2.28. The number of carbonyl (C=O) groups is 1. The molecule has 0 saturated carbocycles. The number of nitrogens with one attached hydrogen (secondary N) is 2. The summed E-state index contributed by atoms with van der Waals surface area (Å²) in [5, 5.41) is 2.55. The number of sulfonamides is 1. The van der Waals surface area contributed by atoms with E-state index in [1.807, 2.05) is 13.8 Å². The van der Waals surface area contributed by atoms with Crippen LogP contribution >= 0.6 is 0 Å². The van der Waals surface area contributed by atoms with Crippen LogP contribution < -0.4 is 10.0 Å². The van der Waals surface area contributed by atoms with E-state index in [2.05, 4.69) is 10.0 Å². The molecule has 0 bridgehead atoms. The molecule has 2 N–H and O–H groups in total. The first-order valence-corrected chi connectivity index (χ1v) is 8.57. The molecule has 1 amide bonds. The number of rotatable bonds is 5. The first-order valence-electron chi connectivity index (χ1n) is 7.09. The number of carbonyl (C=O) groups excluding carboxylic acids is 1. The van der Waals surface area contributed by atoms with Crippen molar-refractivity contribution in [2.75, 3.05) is 11.9 Å². The Morgan fingerprint density at radius 3 is 2.18 bits per heavy atom. The Hall–Kier alpha value is -1.60. The predicted molar refractivity (Wildman–Crippen MR) is 86.3 cm³/mol. The number of hydrogen-bond donors (Lipinski definition) is 2. The van der Waals surface area contributed by atoms with Gasteiger partial charge in [-0.1, -0.05) is 13.8 Å². The minimum atomic E-state index is -3.52. The molecule has 124 valence electrons. The fourth-order valence-corrected chi connectivity index (χ4v) is 2.71. The van der Waals surface area contributed by atoms with Crippen LogP contribution in [0.25, 0.3) is 0 Å². The van der Waals surface area contributed by atoms with Gasteiger partial charge in [-0.25, -0.2) is 17.9 Å². The standard InChI is InChI=1S/C15H24N2O4S/c1-11(2)10-16-22(19,20)13-8-6-12(7-9-13)17-14(18)21-15(3,4)5/h6-9,11,16H,10H2,1-5H3,(H,17,18). The molecule has 22 heavy (non-hydrogen) atoms. The van der Waals surface area contributed by atoms with Crippen LogP contribution in [0.2, 0.25) is 0 Å².